The first-order valence-corrected chi connectivity index (χ1v) is 9.70. The van der Waals surface area contributed by atoms with Gasteiger partial charge in [0.05, 0.1) is 29.5 Å². The molecule has 6 nitrogen and oxygen atoms in total. The number of rotatable bonds is 4. The number of aromatic nitrogens is 4. The fourth-order valence-corrected chi connectivity index (χ4v) is 3.30. The predicted molar refractivity (Wildman–Crippen MR) is 115 cm³/mol. The molecule has 0 aliphatic heterocycles. The second kappa shape index (κ2) is 7.20. The van der Waals surface area contributed by atoms with Gasteiger partial charge in [0.15, 0.2) is 0 Å². The summed E-state index contributed by atoms with van der Waals surface area (Å²) >= 11 is 0. The smallest absolute Gasteiger partial charge is 0.229 e. The van der Waals surface area contributed by atoms with Crippen LogP contribution in [0.1, 0.15) is 37.6 Å². The van der Waals surface area contributed by atoms with Crippen molar-refractivity contribution in [1.29, 1.82) is 0 Å². The van der Waals surface area contributed by atoms with Crippen molar-refractivity contribution in [2.24, 2.45) is 0 Å². The summed E-state index contributed by atoms with van der Waals surface area (Å²) in [7, 11) is 0. The van der Waals surface area contributed by atoms with Crippen LogP contribution in [-0.4, -0.2) is 25.9 Å². The summed E-state index contributed by atoms with van der Waals surface area (Å²) in [5.74, 6) is 0.599. The van der Waals surface area contributed by atoms with Gasteiger partial charge >= 0.3 is 0 Å². The van der Waals surface area contributed by atoms with Crippen LogP contribution in [0.5, 0.6) is 0 Å². The number of para-hydroxylation sites is 1. The number of aryl methyl sites for hydroxylation is 1. The van der Waals surface area contributed by atoms with Gasteiger partial charge in [0.25, 0.3) is 0 Å². The number of amides is 1. The SMILES string of the molecule is Cc1ccccc1-n1nc(C(C)(C)C)cc1NC(=O)Cc1ccc2[nH]ncc2c1. The standard InChI is InChI=1S/C23H25N5O/c1-15-7-5-6-8-19(15)28-21(13-20(27-28)23(2,3)4)25-22(29)12-16-9-10-18-17(11-16)14-24-26-18/h5-11,13-14H,12H2,1-4H3,(H,24,26)(H,25,29). The number of aromatic amines is 1. The van der Waals surface area contributed by atoms with Crippen molar-refractivity contribution in [3.63, 3.8) is 0 Å². The van der Waals surface area contributed by atoms with E-state index in [4.69, 9.17) is 5.10 Å². The van der Waals surface area contributed by atoms with Crippen LogP contribution < -0.4 is 5.32 Å². The van der Waals surface area contributed by atoms with E-state index in [1.165, 1.54) is 0 Å². The Morgan fingerprint density at radius 3 is 2.69 bits per heavy atom. The Kier molecular flexibility index (Phi) is 4.70. The molecule has 0 atom stereocenters. The van der Waals surface area contributed by atoms with Crippen LogP contribution in [0, 0.1) is 6.92 Å². The highest BCUT2D eigenvalue weighted by Gasteiger charge is 2.22. The number of carbonyl (C=O) groups excluding carboxylic acids is 1. The van der Waals surface area contributed by atoms with Crippen molar-refractivity contribution >= 4 is 22.6 Å². The second-order valence-electron chi connectivity index (χ2n) is 8.38. The molecule has 2 aromatic carbocycles. The van der Waals surface area contributed by atoms with Crippen molar-refractivity contribution < 1.29 is 4.79 Å². The van der Waals surface area contributed by atoms with E-state index in [2.05, 4.69) is 36.3 Å². The molecule has 0 unspecified atom stereocenters. The zero-order valence-electron chi connectivity index (χ0n) is 17.2. The lowest BCUT2D eigenvalue weighted by Crippen LogP contribution is -2.17. The first-order valence-electron chi connectivity index (χ1n) is 9.70. The van der Waals surface area contributed by atoms with E-state index in [0.717, 1.165) is 33.4 Å². The molecule has 148 valence electrons. The number of H-pyrrole nitrogens is 1. The largest absolute Gasteiger partial charge is 0.310 e. The molecule has 0 aliphatic rings. The minimum absolute atomic E-state index is 0.0805. The highest BCUT2D eigenvalue weighted by molar-refractivity contribution is 5.92. The van der Waals surface area contributed by atoms with Gasteiger partial charge in [-0.25, -0.2) is 4.68 Å². The molecule has 1 amide bonds. The van der Waals surface area contributed by atoms with Gasteiger partial charge in [-0.3, -0.25) is 9.89 Å². The van der Waals surface area contributed by atoms with Crippen molar-refractivity contribution in [2.75, 3.05) is 5.32 Å². The average Bonchev–Trinajstić information content (AvgIpc) is 3.28. The highest BCUT2D eigenvalue weighted by atomic mass is 16.1. The Hall–Kier alpha value is -3.41. The molecule has 2 N–H and O–H groups in total. The number of nitrogens with zero attached hydrogens (tertiary/aromatic N) is 3. The molecule has 29 heavy (non-hydrogen) atoms. The van der Waals surface area contributed by atoms with Crippen LogP contribution in [0.3, 0.4) is 0 Å². The molecular formula is C23H25N5O. The van der Waals surface area contributed by atoms with Gasteiger partial charge in [0.2, 0.25) is 5.91 Å². The number of carbonyl (C=O) groups is 1. The van der Waals surface area contributed by atoms with Crippen LogP contribution in [0.2, 0.25) is 0 Å². The number of benzene rings is 2. The van der Waals surface area contributed by atoms with Crippen LogP contribution >= 0.6 is 0 Å². The summed E-state index contributed by atoms with van der Waals surface area (Å²) in [6, 6.07) is 15.9. The van der Waals surface area contributed by atoms with Gasteiger partial charge in [0.1, 0.15) is 5.82 Å². The normalized spacial score (nSPS) is 11.7. The zero-order chi connectivity index (χ0) is 20.6. The maximum atomic E-state index is 12.8. The predicted octanol–water partition coefficient (Wildman–Crippen LogP) is 4.54. The van der Waals surface area contributed by atoms with Crippen LogP contribution in [0.25, 0.3) is 16.6 Å². The molecule has 0 fully saturated rings. The molecule has 4 aromatic rings. The van der Waals surface area contributed by atoms with E-state index in [9.17, 15) is 4.79 Å². The number of fused-ring (bicyclic) bond motifs is 1. The number of hydrogen-bond acceptors (Lipinski definition) is 3. The Morgan fingerprint density at radius 1 is 1.14 bits per heavy atom. The van der Waals surface area contributed by atoms with Crippen LogP contribution in [0.4, 0.5) is 5.82 Å². The maximum absolute atomic E-state index is 12.8. The highest BCUT2D eigenvalue weighted by Crippen LogP contribution is 2.27. The van der Waals surface area contributed by atoms with Crippen molar-refractivity contribution in [2.45, 2.75) is 39.5 Å². The van der Waals surface area contributed by atoms with Crippen molar-refractivity contribution in [3.05, 3.63) is 71.5 Å². The molecule has 0 bridgehead atoms. The molecule has 4 rings (SSSR count). The monoisotopic (exact) mass is 387 g/mol. The van der Waals surface area contributed by atoms with E-state index in [1.54, 1.807) is 6.20 Å². The first kappa shape index (κ1) is 18.9. The second-order valence-corrected chi connectivity index (χ2v) is 8.38. The van der Waals surface area contributed by atoms with E-state index >= 15 is 0 Å². The fraction of sp³-hybridized carbons (Fsp3) is 0.261. The van der Waals surface area contributed by atoms with E-state index < -0.39 is 0 Å². The zero-order valence-corrected chi connectivity index (χ0v) is 17.2. The lowest BCUT2D eigenvalue weighted by molar-refractivity contribution is -0.115. The van der Waals surface area contributed by atoms with Gasteiger partial charge in [-0.15, -0.1) is 0 Å². The van der Waals surface area contributed by atoms with Crippen LogP contribution in [-0.2, 0) is 16.6 Å². The molecule has 0 saturated carbocycles. The quantitative estimate of drug-likeness (QED) is 0.540. The summed E-state index contributed by atoms with van der Waals surface area (Å²) in [5.41, 5.74) is 4.75. The summed E-state index contributed by atoms with van der Waals surface area (Å²) in [6.07, 6.45) is 2.05. The lowest BCUT2D eigenvalue weighted by atomic mass is 9.92. The first-order chi connectivity index (χ1) is 13.8. The van der Waals surface area contributed by atoms with Gasteiger partial charge in [-0.1, -0.05) is 45.0 Å². The third-order valence-corrected chi connectivity index (χ3v) is 4.96. The summed E-state index contributed by atoms with van der Waals surface area (Å²) in [5, 5.41) is 15.8. The van der Waals surface area contributed by atoms with E-state index in [0.29, 0.717) is 5.82 Å². The minimum Gasteiger partial charge on any atom is -0.310 e. The van der Waals surface area contributed by atoms with Crippen molar-refractivity contribution in [3.8, 4) is 5.69 Å². The minimum atomic E-state index is -0.125. The molecule has 2 heterocycles. The third-order valence-electron chi connectivity index (χ3n) is 4.96. The Balaban J connectivity index is 1.63. The Labute approximate surface area is 169 Å². The number of anilines is 1. The molecule has 6 heteroatoms. The molecule has 0 saturated heterocycles. The molecule has 0 spiro atoms. The van der Waals surface area contributed by atoms with Gasteiger partial charge in [-0.05, 0) is 36.2 Å². The Bertz CT molecular complexity index is 1180. The third kappa shape index (κ3) is 3.92. The molecular weight excluding hydrogens is 362 g/mol. The summed E-state index contributed by atoms with van der Waals surface area (Å²) in [4.78, 5) is 12.8. The van der Waals surface area contributed by atoms with Crippen molar-refractivity contribution in [1.82, 2.24) is 20.0 Å². The Morgan fingerprint density at radius 2 is 1.93 bits per heavy atom. The molecule has 0 aliphatic carbocycles. The van der Waals surface area contributed by atoms with E-state index in [1.807, 2.05) is 60.1 Å². The molecule has 2 aromatic heterocycles. The maximum Gasteiger partial charge on any atom is 0.229 e. The van der Waals surface area contributed by atoms with E-state index in [-0.39, 0.29) is 17.7 Å². The number of hydrogen-bond donors (Lipinski definition) is 2. The summed E-state index contributed by atoms with van der Waals surface area (Å²) < 4.78 is 1.83. The topological polar surface area (TPSA) is 75.6 Å². The van der Waals surface area contributed by atoms with Gasteiger partial charge < -0.3 is 5.32 Å². The van der Waals surface area contributed by atoms with Crippen LogP contribution in [0.15, 0.2) is 54.7 Å². The van der Waals surface area contributed by atoms with Gasteiger partial charge in [-0.2, -0.15) is 10.2 Å². The average molecular weight is 387 g/mol. The fourth-order valence-electron chi connectivity index (χ4n) is 3.30. The lowest BCUT2D eigenvalue weighted by Gasteiger charge is -2.14. The number of nitrogens with one attached hydrogen (secondary N) is 2. The van der Waals surface area contributed by atoms with Gasteiger partial charge in [0, 0.05) is 16.9 Å². The summed E-state index contributed by atoms with van der Waals surface area (Å²) in [6.45, 7) is 8.38. The molecule has 0 radical (unpaired) electrons.